The minimum atomic E-state index is -0.810. The van der Waals surface area contributed by atoms with Crippen molar-refractivity contribution < 1.29 is 9.90 Å². The first-order valence-electron chi connectivity index (χ1n) is 5.69. The molecule has 0 radical (unpaired) electrons. The molecule has 1 aliphatic carbocycles. The first-order chi connectivity index (χ1) is 7.29. The normalized spacial score (nSPS) is 18.7. The molecule has 0 atom stereocenters. The second-order valence-electron chi connectivity index (χ2n) is 4.32. The standard InChI is InChI=1S/C12H17NO2/c14-12(15)11-8-13-7-10(11)9-5-3-1-2-4-6-9/h7-9,13H,1-6H2,(H,14,15). The van der Waals surface area contributed by atoms with E-state index in [1.54, 1.807) is 6.20 Å². The van der Waals surface area contributed by atoms with E-state index in [-0.39, 0.29) is 0 Å². The molecule has 0 aromatic carbocycles. The minimum Gasteiger partial charge on any atom is -0.478 e. The summed E-state index contributed by atoms with van der Waals surface area (Å²) < 4.78 is 0. The Bertz CT molecular complexity index is 335. The van der Waals surface area contributed by atoms with Crippen LogP contribution in [0.3, 0.4) is 0 Å². The van der Waals surface area contributed by atoms with Gasteiger partial charge in [-0.2, -0.15) is 0 Å². The van der Waals surface area contributed by atoms with Crippen LogP contribution in [-0.4, -0.2) is 16.1 Å². The monoisotopic (exact) mass is 207 g/mol. The largest absolute Gasteiger partial charge is 0.478 e. The smallest absolute Gasteiger partial charge is 0.337 e. The number of carboxylic acid groups (broad SMARTS) is 1. The molecule has 1 heterocycles. The number of H-pyrrole nitrogens is 1. The summed E-state index contributed by atoms with van der Waals surface area (Å²) in [5, 5.41) is 9.04. The maximum atomic E-state index is 11.0. The average Bonchev–Trinajstić information content (AvgIpc) is 2.55. The number of hydrogen-bond acceptors (Lipinski definition) is 1. The van der Waals surface area contributed by atoms with Crippen molar-refractivity contribution in [2.75, 3.05) is 0 Å². The van der Waals surface area contributed by atoms with E-state index < -0.39 is 5.97 Å². The highest BCUT2D eigenvalue weighted by atomic mass is 16.4. The third-order valence-corrected chi connectivity index (χ3v) is 3.30. The maximum absolute atomic E-state index is 11.0. The Labute approximate surface area is 89.5 Å². The van der Waals surface area contributed by atoms with Crippen LogP contribution < -0.4 is 0 Å². The highest BCUT2D eigenvalue weighted by molar-refractivity contribution is 5.89. The predicted octanol–water partition coefficient (Wildman–Crippen LogP) is 3.15. The van der Waals surface area contributed by atoms with Crippen LogP contribution in [0.15, 0.2) is 12.4 Å². The number of rotatable bonds is 2. The van der Waals surface area contributed by atoms with Crippen LogP contribution in [0.4, 0.5) is 0 Å². The number of aromatic carboxylic acids is 1. The lowest BCUT2D eigenvalue weighted by Crippen LogP contribution is -2.04. The van der Waals surface area contributed by atoms with Gasteiger partial charge in [-0.15, -0.1) is 0 Å². The fraction of sp³-hybridized carbons (Fsp3) is 0.583. The van der Waals surface area contributed by atoms with Crippen LogP contribution in [0, 0.1) is 0 Å². The lowest BCUT2D eigenvalue weighted by Gasteiger charge is -2.13. The maximum Gasteiger partial charge on any atom is 0.337 e. The molecule has 0 unspecified atom stereocenters. The molecule has 1 aromatic rings. The summed E-state index contributed by atoms with van der Waals surface area (Å²) in [5.41, 5.74) is 1.46. The van der Waals surface area contributed by atoms with Gasteiger partial charge in [-0.3, -0.25) is 0 Å². The van der Waals surface area contributed by atoms with Gasteiger partial charge in [-0.25, -0.2) is 4.79 Å². The van der Waals surface area contributed by atoms with Crippen molar-refractivity contribution >= 4 is 5.97 Å². The van der Waals surface area contributed by atoms with Crippen LogP contribution in [0.2, 0.25) is 0 Å². The Morgan fingerprint density at radius 1 is 1.20 bits per heavy atom. The molecule has 2 rings (SSSR count). The molecule has 2 N–H and O–H groups in total. The number of aromatic nitrogens is 1. The predicted molar refractivity (Wildman–Crippen MR) is 58.2 cm³/mol. The first kappa shape index (κ1) is 10.3. The van der Waals surface area contributed by atoms with Gasteiger partial charge in [0.1, 0.15) is 0 Å². The van der Waals surface area contributed by atoms with Gasteiger partial charge in [-0.1, -0.05) is 25.7 Å². The molecule has 1 aromatic heterocycles. The lowest BCUT2D eigenvalue weighted by molar-refractivity contribution is 0.0695. The van der Waals surface area contributed by atoms with Gasteiger partial charge >= 0.3 is 5.97 Å². The Hall–Kier alpha value is -1.25. The van der Waals surface area contributed by atoms with E-state index in [9.17, 15) is 4.79 Å². The van der Waals surface area contributed by atoms with Gasteiger partial charge in [0.2, 0.25) is 0 Å². The minimum absolute atomic E-state index is 0.449. The third kappa shape index (κ3) is 2.22. The molecule has 0 spiro atoms. The molecule has 0 bridgehead atoms. The zero-order valence-electron chi connectivity index (χ0n) is 8.83. The first-order valence-corrected chi connectivity index (χ1v) is 5.69. The summed E-state index contributed by atoms with van der Waals surface area (Å²) in [7, 11) is 0. The molecule has 3 heteroatoms. The Kier molecular flexibility index (Phi) is 3.09. The van der Waals surface area contributed by atoms with Gasteiger partial charge in [0, 0.05) is 12.4 Å². The van der Waals surface area contributed by atoms with E-state index in [1.807, 2.05) is 6.20 Å². The zero-order chi connectivity index (χ0) is 10.7. The number of carbonyl (C=O) groups is 1. The Morgan fingerprint density at radius 2 is 1.87 bits per heavy atom. The van der Waals surface area contributed by atoms with Crippen molar-refractivity contribution in [3.8, 4) is 0 Å². The lowest BCUT2D eigenvalue weighted by atomic mass is 9.91. The summed E-state index contributed by atoms with van der Waals surface area (Å²) in [6.07, 6.45) is 10.8. The molecule has 0 saturated heterocycles. The van der Waals surface area contributed by atoms with Crippen LogP contribution >= 0.6 is 0 Å². The van der Waals surface area contributed by atoms with Crippen molar-refractivity contribution in [3.63, 3.8) is 0 Å². The van der Waals surface area contributed by atoms with E-state index in [4.69, 9.17) is 5.11 Å². The van der Waals surface area contributed by atoms with E-state index in [0.717, 1.165) is 18.4 Å². The summed E-state index contributed by atoms with van der Waals surface area (Å²) in [4.78, 5) is 13.9. The van der Waals surface area contributed by atoms with Gasteiger partial charge in [0.15, 0.2) is 0 Å². The molecule has 0 amide bonds. The van der Waals surface area contributed by atoms with E-state index in [2.05, 4.69) is 4.98 Å². The quantitative estimate of drug-likeness (QED) is 0.732. The van der Waals surface area contributed by atoms with Gasteiger partial charge in [0.25, 0.3) is 0 Å². The molecule has 15 heavy (non-hydrogen) atoms. The average molecular weight is 207 g/mol. The SMILES string of the molecule is O=C(O)c1c[nH]cc1C1CCCCCC1. The number of carboxylic acids is 1. The fourth-order valence-electron chi connectivity index (χ4n) is 2.49. The molecule has 3 nitrogen and oxygen atoms in total. The van der Waals surface area contributed by atoms with Crippen molar-refractivity contribution in [3.05, 3.63) is 23.5 Å². The molecular weight excluding hydrogens is 190 g/mol. The number of hydrogen-bond donors (Lipinski definition) is 2. The highest BCUT2D eigenvalue weighted by Crippen LogP contribution is 2.33. The molecule has 82 valence electrons. The number of aromatic amines is 1. The molecule has 1 fully saturated rings. The number of nitrogens with one attached hydrogen (secondary N) is 1. The summed E-state index contributed by atoms with van der Waals surface area (Å²) in [6.45, 7) is 0. The molecular formula is C12H17NO2. The van der Waals surface area contributed by atoms with E-state index >= 15 is 0 Å². The second-order valence-corrected chi connectivity index (χ2v) is 4.32. The van der Waals surface area contributed by atoms with E-state index in [1.165, 1.54) is 25.7 Å². The summed E-state index contributed by atoms with van der Waals surface area (Å²) >= 11 is 0. The summed E-state index contributed by atoms with van der Waals surface area (Å²) in [5.74, 6) is -0.361. The van der Waals surface area contributed by atoms with Crippen LogP contribution in [0.5, 0.6) is 0 Å². The fourth-order valence-corrected chi connectivity index (χ4v) is 2.49. The van der Waals surface area contributed by atoms with Crippen molar-refractivity contribution in [1.82, 2.24) is 4.98 Å². The topological polar surface area (TPSA) is 53.1 Å². The van der Waals surface area contributed by atoms with Gasteiger partial charge in [-0.05, 0) is 24.3 Å². The molecule has 1 aliphatic rings. The molecule has 0 aliphatic heterocycles. The highest BCUT2D eigenvalue weighted by Gasteiger charge is 2.20. The van der Waals surface area contributed by atoms with E-state index in [0.29, 0.717) is 11.5 Å². The van der Waals surface area contributed by atoms with Gasteiger partial charge < -0.3 is 10.1 Å². The summed E-state index contributed by atoms with van der Waals surface area (Å²) in [6, 6.07) is 0. The molecule has 1 saturated carbocycles. The Balaban J connectivity index is 2.19. The Morgan fingerprint density at radius 3 is 2.47 bits per heavy atom. The van der Waals surface area contributed by atoms with Gasteiger partial charge in [0.05, 0.1) is 5.56 Å². The second kappa shape index (κ2) is 4.51. The van der Waals surface area contributed by atoms with Crippen molar-refractivity contribution in [1.29, 1.82) is 0 Å². The van der Waals surface area contributed by atoms with Crippen molar-refractivity contribution in [2.24, 2.45) is 0 Å². The van der Waals surface area contributed by atoms with Crippen molar-refractivity contribution in [2.45, 2.75) is 44.4 Å². The van der Waals surface area contributed by atoms with Crippen LogP contribution in [0.25, 0.3) is 0 Å². The zero-order valence-corrected chi connectivity index (χ0v) is 8.83. The third-order valence-electron chi connectivity index (χ3n) is 3.30. The van der Waals surface area contributed by atoms with Crippen LogP contribution in [-0.2, 0) is 0 Å². The van der Waals surface area contributed by atoms with Crippen LogP contribution in [0.1, 0.15) is 60.4 Å².